The first-order chi connectivity index (χ1) is 13.2. The van der Waals surface area contributed by atoms with Crippen LogP contribution in [0.25, 0.3) is 0 Å². The molecule has 3 rings (SSSR count). The fourth-order valence-corrected chi connectivity index (χ4v) is 2.46. The number of epoxide rings is 3. The van der Waals surface area contributed by atoms with Crippen molar-refractivity contribution >= 4 is 17.9 Å². The molecule has 0 radical (unpaired) electrons. The summed E-state index contributed by atoms with van der Waals surface area (Å²) in [5.74, 6) is -9.48. The highest BCUT2D eigenvalue weighted by atomic mass is 16.8. The van der Waals surface area contributed by atoms with Crippen LogP contribution in [0.4, 0.5) is 0 Å². The van der Waals surface area contributed by atoms with E-state index >= 15 is 0 Å². The number of rotatable bonds is 14. The van der Waals surface area contributed by atoms with E-state index in [1.807, 2.05) is 0 Å². The second-order valence-electron chi connectivity index (χ2n) is 6.53. The van der Waals surface area contributed by atoms with Crippen molar-refractivity contribution in [2.45, 2.75) is 35.8 Å². The molecular weight excluding hydrogens is 388 g/mol. The minimum absolute atomic E-state index is 0.227. The van der Waals surface area contributed by atoms with Crippen molar-refractivity contribution in [2.24, 2.45) is 0 Å². The van der Waals surface area contributed by atoms with Gasteiger partial charge in [-0.25, -0.2) is 14.4 Å². The zero-order chi connectivity index (χ0) is 20.5. The molecule has 4 N–H and O–H groups in total. The molecule has 3 aliphatic heterocycles. The van der Waals surface area contributed by atoms with Gasteiger partial charge in [-0.05, 0) is 0 Å². The van der Waals surface area contributed by atoms with E-state index in [2.05, 4.69) is 0 Å². The van der Waals surface area contributed by atoms with Gasteiger partial charge in [-0.1, -0.05) is 0 Å². The second kappa shape index (κ2) is 7.87. The highest BCUT2D eigenvalue weighted by Gasteiger charge is 2.71. The molecule has 3 fully saturated rings. The third kappa shape index (κ3) is 4.25. The van der Waals surface area contributed by atoms with Crippen LogP contribution in [0.5, 0.6) is 0 Å². The fraction of sp³-hybridized carbons (Fsp3) is 0.800. The van der Waals surface area contributed by atoms with Gasteiger partial charge in [0, 0.05) is 0 Å². The summed E-state index contributed by atoms with van der Waals surface area (Å²) in [5.41, 5.74) is -3.65. The zero-order valence-corrected chi connectivity index (χ0v) is 14.5. The van der Waals surface area contributed by atoms with Crippen molar-refractivity contribution in [1.82, 2.24) is 0 Å². The van der Waals surface area contributed by atoms with Crippen LogP contribution < -0.4 is 0 Å². The van der Waals surface area contributed by atoms with E-state index in [0.717, 1.165) is 0 Å². The summed E-state index contributed by atoms with van der Waals surface area (Å²) in [4.78, 5) is 35.8. The summed E-state index contributed by atoms with van der Waals surface area (Å²) in [6.07, 6.45) is -4.10. The number of carbonyl (C=O) groups is 3. The summed E-state index contributed by atoms with van der Waals surface area (Å²) >= 11 is 0. The van der Waals surface area contributed by atoms with Gasteiger partial charge >= 0.3 is 23.7 Å². The van der Waals surface area contributed by atoms with Crippen molar-refractivity contribution in [3.8, 4) is 0 Å². The molecule has 28 heavy (non-hydrogen) atoms. The highest BCUT2D eigenvalue weighted by Crippen LogP contribution is 2.36. The van der Waals surface area contributed by atoms with E-state index in [4.69, 9.17) is 28.4 Å². The Morgan fingerprint density at radius 3 is 1.61 bits per heavy atom. The maximum atomic E-state index is 12.1. The summed E-state index contributed by atoms with van der Waals surface area (Å²) in [6, 6.07) is 0. The third-order valence-corrected chi connectivity index (χ3v) is 4.31. The number of hydrogen-bond acceptors (Lipinski definition) is 10. The number of carboxylic acids is 3. The molecule has 13 nitrogen and oxygen atoms in total. The first-order valence-corrected chi connectivity index (χ1v) is 8.37. The van der Waals surface area contributed by atoms with Crippen molar-refractivity contribution in [3.63, 3.8) is 0 Å². The topological polar surface area (TPSA) is 197 Å². The van der Waals surface area contributed by atoms with Crippen LogP contribution >= 0.6 is 0 Å². The molecule has 0 amide bonds. The van der Waals surface area contributed by atoms with Crippen LogP contribution in [0.3, 0.4) is 0 Å². The Kier molecular flexibility index (Phi) is 5.86. The maximum Gasteiger partial charge on any atom is 0.368 e. The molecule has 3 saturated heterocycles. The molecule has 5 atom stereocenters. The number of carboxylic acid groups (broad SMARTS) is 3. The van der Waals surface area contributed by atoms with Crippen LogP contribution in [0, 0.1) is 0 Å². The number of aliphatic hydroxyl groups is 1. The van der Waals surface area contributed by atoms with Gasteiger partial charge < -0.3 is 48.8 Å². The molecule has 0 bridgehead atoms. The standard InChI is InChI=1S/C15H20O13/c16-11(17)10(26-4-7-1-23-7)14(22,12(18)19)15(13(20)21,27-5-8-2-24-8)28-6-9-3-25-9/h7-10,22H,1-6H2,(H,16,17)(H,18,19)(H,20,21). The van der Waals surface area contributed by atoms with Crippen molar-refractivity contribution in [3.05, 3.63) is 0 Å². The predicted molar refractivity (Wildman–Crippen MR) is 81.5 cm³/mol. The molecule has 3 heterocycles. The van der Waals surface area contributed by atoms with E-state index in [-0.39, 0.29) is 26.4 Å². The second-order valence-corrected chi connectivity index (χ2v) is 6.53. The molecular formula is C15H20O13. The molecule has 0 aromatic heterocycles. The summed E-state index contributed by atoms with van der Waals surface area (Å²) in [6.45, 7) is -0.570. The lowest BCUT2D eigenvalue weighted by Crippen LogP contribution is -2.74. The molecule has 0 aromatic carbocycles. The van der Waals surface area contributed by atoms with Crippen LogP contribution in [-0.4, -0.2) is 114 Å². The molecule has 0 spiro atoms. The summed E-state index contributed by atoms with van der Waals surface area (Å²) in [5, 5.41) is 39.8. The van der Waals surface area contributed by atoms with Gasteiger partial charge in [-0.2, -0.15) is 0 Å². The van der Waals surface area contributed by atoms with Crippen LogP contribution in [0.2, 0.25) is 0 Å². The zero-order valence-electron chi connectivity index (χ0n) is 14.5. The molecule has 0 aliphatic carbocycles. The Labute approximate surface area is 157 Å². The van der Waals surface area contributed by atoms with E-state index in [0.29, 0.717) is 0 Å². The monoisotopic (exact) mass is 408 g/mol. The fourth-order valence-electron chi connectivity index (χ4n) is 2.46. The van der Waals surface area contributed by atoms with E-state index in [1.165, 1.54) is 0 Å². The first kappa shape index (κ1) is 20.9. The lowest BCUT2D eigenvalue weighted by molar-refractivity contribution is -0.326. The third-order valence-electron chi connectivity index (χ3n) is 4.31. The molecule has 0 aromatic rings. The van der Waals surface area contributed by atoms with Gasteiger partial charge in [-0.3, -0.25) is 0 Å². The normalized spacial score (nSPS) is 30.5. The van der Waals surface area contributed by atoms with Crippen molar-refractivity contribution < 1.29 is 63.2 Å². The smallest absolute Gasteiger partial charge is 0.368 e. The maximum absolute atomic E-state index is 12.1. The van der Waals surface area contributed by atoms with Gasteiger partial charge in [0.1, 0.15) is 18.3 Å². The average Bonchev–Trinajstić information content (AvgIpc) is 3.44. The number of aliphatic carboxylic acids is 3. The predicted octanol–water partition coefficient (Wildman–Crippen LogP) is -2.72. The van der Waals surface area contributed by atoms with Crippen LogP contribution in [0.15, 0.2) is 0 Å². The van der Waals surface area contributed by atoms with Crippen LogP contribution in [-0.2, 0) is 42.8 Å². The highest BCUT2D eigenvalue weighted by molar-refractivity contribution is 5.95. The van der Waals surface area contributed by atoms with E-state index in [1.54, 1.807) is 0 Å². The Morgan fingerprint density at radius 2 is 1.29 bits per heavy atom. The summed E-state index contributed by atoms with van der Waals surface area (Å²) in [7, 11) is 0. The summed E-state index contributed by atoms with van der Waals surface area (Å²) < 4.78 is 30.0. The van der Waals surface area contributed by atoms with Gasteiger partial charge in [0.05, 0.1) is 39.6 Å². The first-order valence-electron chi connectivity index (χ1n) is 8.37. The van der Waals surface area contributed by atoms with Gasteiger partial charge in [0.2, 0.25) is 6.10 Å². The van der Waals surface area contributed by atoms with Crippen molar-refractivity contribution in [2.75, 3.05) is 39.6 Å². The molecule has 158 valence electrons. The quantitative estimate of drug-likeness (QED) is 0.171. The Bertz CT molecular complexity index is 607. The van der Waals surface area contributed by atoms with E-state index < -0.39 is 66.9 Å². The van der Waals surface area contributed by atoms with E-state index in [9.17, 15) is 34.8 Å². The number of hydrogen-bond donors (Lipinski definition) is 4. The van der Waals surface area contributed by atoms with Gasteiger partial charge in [0.25, 0.3) is 5.60 Å². The molecule has 0 saturated carbocycles. The average molecular weight is 408 g/mol. The van der Waals surface area contributed by atoms with Crippen LogP contribution in [0.1, 0.15) is 0 Å². The molecule has 3 aliphatic rings. The molecule has 13 heteroatoms. The molecule has 5 unspecified atom stereocenters. The Hall–Kier alpha value is -1.87. The van der Waals surface area contributed by atoms with Gasteiger partial charge in [-0.15, -0.1) is 0 Å². The minimum atomic E-state index is -3.65. The SMILES string of the molecule is O=C(O)C(OCC1CO1)C(O)(C(=O)O)C(OCC1CO1)(OCC1CO1)C(=O)O. The van der Waals surface area contributed by atoms with Crippen molar-refractivity contribution in [1.29, 1.82) is 0 Å². The largest absolute Gasteiger partial charge is 0.479 e. The minimum Gasteiger partial charge on any atom is -0.479 e. The van der Waals surface area contributed by atoms with Gasteiger partial charge in [0.15, 0.2) is 0 Å². The Balaban J connectivity index is 1.95. The lowest BCUT2D eigenvalue weighted by Gasteiger charge is -2.42. The lowest BCUT2D eigenvalue weighted by atomic mass is 9.85. The Morgan fingerprint density at radius 1 is 0.857 bits per heavy atom. The number of ether oxygens (including phenoxy) is 6.